The molecule has 0 amide bonds. The Labute approximate surface area is 186 Å². The van der Waals surface area contributed by atoms with Gasteiger partial charge in [0, 0.05) is 12.2 Å². The maximum absolute atomic E-state index is 10.1. The van der Waals surface area contributed by atoms with E-state index in [9.17, 15) is 5.11 Å². The lowest BCUT2D eigenvalue weighted by molar-refractivity contribution is 0.463. The van der Waals surface area contributed by atoms with E-state index in [1.807, 2.05) is 12.1 Å². The predicted octanol–water partition coefficient (Wildman–Crippen LogP) is 6.79. The first-order chi connectivity index (χ1) is 14.9. The minimum absolute atomic E-state index is 0.283. The first kappa shape index (κ1) is 20.2. The number of benzene rings is 3. The fourth-order valence-corrected chi connectivity index (χ4v) is 5.22. The molecule has 31 heavy (non-hydrogen) atoms. The number of anilines is 1. The van der Waals surface area contributed by atoms with Gasteiger partial charge in [0.15, 0.2) is 0 Å². The van der Waals surface area contributed by atoms with Gasteiger partial charge in [-0.3, -0.25) is 0 Å². The van der Waals surface area contributed by atoms with Crippen molar-refractivity contribution in [3.8, 4) is 5.75 Å². The maximum Gasteiger partial charge on any atom is 0.115 e. The molecule has 0 bridgehead atoms. The Morgan fingerprint density at radius 1 is 0.968 bits per heavy atom. The van der Waals surface area contributed by atoms with Crippen molar-refractivity contribution in [1.29, 1.82) is 0 Å². The molecule has 2 aliphatic rings. The molecule has 0 radical (unpaired) electrons. The van der Waals surface area contributed by atoms with Crippen molar-refractivity contribution in [2.45, 2.75) is 57.9 Å². The fourth-order valence-electron chi connectivity index (χ4n) is 5.22. The lowest BCUT2D eigenvalue weighted by atomic mass is 9.76. The number of aromatic hydroxyl groups is 1. The molecule has 0 aromatic heterocycles. The summed E-state index contributed by atoms with van der Waals surface area (Å²) in [7, 11) is 0. The summed E-state index contributed by atoms with van der Waals surface area (Å²) in [4.78, 5) is 2.55. The molecule has 3 aromatic rings. The number of phenols is 1. The molecule has 1 aliphatic carbocycles. The third-order valence-electron chi connectivity index (χ3n) is 7.37. The summed E-state index contributed by atoms with van der Waals surface area (Å²) in [5.41, 5.74) is 7.64. The van der Waals surface area contributed by atoms with Crippen LogP contribution in [0.5, 0.6) is 5.75 Å². The SMILES string of the molecule is CC(C)c1ccc(C2(C)c3ccc(O)cc3CCN2c2ccc(CC3CC3)cc2)cc1. The van der Waals surface area contributed by atoms with E-state index >= 15 is 0 Å². The maximum atomic E-state index is 10.1. The Morgan fingerprint density at radius 3 is 2.32 bits per heavy atom. The van der Waals surface area contributed by atoms with Gasteiger partial charge >= 0.3 is 0 Å². The molecule has 1 unspecified atom stereocenters. The Morgan fingerprint density at radius 2 is 1.68 bits per heavy atom. The van der Waals surface area contributed by atoms with E-state index in [-0.39, 0.29) is 5.54 Å². The third-order valence-corrected chi connectivity index (χ3v) is 7.37. The number of rotatable bonds is 5. The number of hydrogen-bond donors (Lipinski definition) is 1. The Hall–Kier alpha value is -2.74. The van der Waals surface area contributed by atoms with Crippen LogP contribution in [0.25, 0.3) is 0 Å². The van der Waals surface area contributed by atoms with Gasteiger partial charge in [0.2, 0.25) is 0 Å². The minimum Gasteiger partial charge on any atom is -0.508 e. The van der Waals surface area contributed by atoms with Gasteiger partial charge in [0.25, 0.3) is 0 Å². The van der Waals surface area contributed by atoms with Crippen LogP contribution in [0.1, 0.15) is 67.3 Å². The molecule has 1 heterocycles. The van der Waals surface area contributed by atoms with Gasteiger partial charge in [-0.15, -0.1) is 0 Å². The number of hydrogen-bond acceptors (Lipinski definition) is 2. The van der Waals surface area contributed by atoms with Crippen molar-refractivity contribution in [3.05, 3.63) is 94.5 Å². The van der Waals surface area contributed by atoms with Crippen LogP contribution in [0.4, 0.5) is 5.69 Å². The largest absolute Gasteiger partial charge is 0.508 e. The summed E-state index contributed by atoms with van der Waals surface area (Å²) in [6.45, 7) is 7.75. The van der Waals surface area contributed by atoms with Crippen LogP contribution in [-0.4, -0.2) is 11.7 Å². The van der Waals surface area contributed by atoms with Gasteiger partial charge in [-0.25, -0.2) is 0 Å². The quantitative estimate of drug-likeness (QED) is 0.499. The summed E-state index contributed by atoms with van der Waals surface area (Å²) in [6.07, 6.45) is 4.94. The van der Waals surface area contributed by atoms with E-state index in [2.05, 4.69) is 80.3 Å². The molecule has 1 saturated carbocycles. The molecular weight excluding hydrogens is 378 g/mol. The van der Waals surface area contributed by atoms with Crippen LogP contribution in [-0.2, 0) is 18.4 Å². The molecule has 160 valence electrons. The molecule has 1 fully saturated rings. The molecule has 1 atom stereocenters. The van der Waals surface area contributed by atoms with Crippen LogP contribution in [0.15, 0.2) is 66.7 Å². The lowest BCUT2D eigenvalue weighted by Crippen LogP contribution is -2.49. The molecular formula is C29H33NO. The lowest BCUT2D eigenvalue weighted by Gasteiger charge is -2.48. The monoisotopic (exact) mass is 411 g/mol. The number of nitrogens with zero attached hydrogens (tertiary/aromatic N) is 1. The van der Waals surface area contributed by atoms with Gasteiger partial charge in [-0.1, -0.05) is 56.3 Å². The number of phenolic OH excluding ortho intramolecular Hbond substituents is 1. The van der Waals surface area contributed by atoms with Crippen LogP contribution in [0.2, 0.25) is 0 Å². The summed E-state index contributed by atoms with van der Waals surface area (Å²) in [5, 5.41) is 10.1. The highest BCUT2D eigenvalue weighted by Gasteiger charge is 2.40. The second-order valence-electron chi connectivity index (χ2n) is 9.91. The molecule has 0 spiro atoms. The van der Waals surface area contributed by atoms with Crippen molar-refractivity contribution in [2.24, 2.45) is 5.92 Å². The van der Waals surface area contributed by atoms with Crippen LogP contribution in [0.3, 0.4) is 0 Å². The predicted molar refractivity (Wildman–Crippen MR) is 129 cm³/mol. The molecule has 5 rings (SSSR count). The standard InChI is InChI=1S/C29H33NO/c1-20(2)23-8-10-25(11-9-23)29(3)28-15-14-27(31)19-24(28)16-17-30(29)26-12-6-22(7-13-26)18-21-4-5-21/h6-15,19-21,31H,4-5,16-18H2,1-3H3. The van der Waals surface area contributed by atoms with Crippen molar-refractivity contribution in [3.63, 3.8) is 0 Å². The zero-order valence-electron chi connectivity index (χ0n) is 18.9. The highest BCUT2D eigenvalue weighted by atomic mass is 16.3. The van der Waals surface area contributed by atoms with Gasteiger partial charge < -0.3 is 10.0 Å². The number of fused-ring (bicyclic) bond motifs is 1. The highest BCUT2D eigenvalue weighted by Crippen LogP contribution is 2.44. The average molecular weight is 412 g/mol. The Balaban J connectivity index is 1.58. The molecule has 2 nitrogen and oxygen atoms in total. The highest BCUT2D eigenvalue weighted by molar-refractivity contribution is 5.61. The first-order valence-electron chi connectivity index (χ1n) is 11.7. The summed E-state index contributed by atoms with van der Waals surface area (Å²) in [6, 6.07) is 24.3. The topological polar surface area (TPSA) is 23.5 Å². The van der Waals surface area contributed by atoms with E-state index < -0.39 is 0 Å². The molecule has 3 aromatic carbocycles. The van der Waals surface area contributed by atoms with Gasteiger partial charge in [0.05, 0.1) is 5.54 Å². The summed E-state index contributed by atoms with van der Waals surface area (Å²) < 4.78 is 0. The average Bonchev–Trinajstić information content (AvgIpc) is 3.59. The van der Waals surface area contributed by atoms with Crippen LogP contribution < -0.4 is 4.90 Å². The van der Waals surface area contributed by atoms with Gasteiger partial charge in [-0.2, -0.15) is 0 Å². The normalized spacial score (nSPS) is 20.7. The van der Waals surface area contributed by atoms with E-state index in [1.165, 1.54) is 52.8 Å². The summed E-state index contributed by atoms with van der Waals surface area (Å²) >= 11 is 0. The van der Waals surface area contributed by atoms with E-state index in [1.54, 1.807) is 0 Å². The van der Waals surface area contributed by atoms with Gasteiger partial charge in [0.1, 0.15) is 5.75 Å². The zero-order valence-corrected chi connectivity index (χ0v) is 18.9. The fraction of sp³-hybridized carbons (Fsp3) is 0.379. The Bertz CT molecular complexity index is 1060. The second kappa shape index (κ2) is 7.75. The third kappa shape index (κ3) is 3.73. The van der Waals surface area contributed by atoms with Crippen LogP contribution >= 0.6 is 0 Å². The Kier molecular flexibility index (Phi) is 5.04. The molecule has 2 heteroatoms. The van der Waals surface area contributed by atoms with Crippen LogP contribution in [0, 0.1) is 5.92 Å². The summed E-state index contributed by atoms with van der Waals surface area (Å²) in [5.74, 6) is 1.78. The van der Waals surface area contributed by atoms with E-state index in [4.69, 9.17) is 0 Å². The van der Waals surface area contributed by atoms with Crippen molar-refractivity contribution in [2.75, 3.05) is 11.4 Å². The van der Waals surface area contributed by atoms with Crippen molar-refractivity contribution in [1.82, 2.24) is 0 Å². The van der Waals surface area contributed by atoms with Crippen molar-refractivity contribution < 1.29 is 5.11 Å². The molecule has 1 N–H and O–H groups in total. The molecule has 0 saturated heterocycles. The van der Waals surface area contributed by atoms with Gasteiger partial charge in [-0.05, 0) is 96.5 Å². The smallest absolute Gasteiger partial charge is 0.115 e. The first-order valence-corrected chi connectivity index (χ1v) is 11.7. The second-order valence-corrected chi connectivity index (χ2v) is 9.91. The van der Waals surface area contributed by atoms with Crippen molar-refractivity contribution >= 4 is 5.69 Å². The van der Waals surface area contributed by atoms with E-state index in [0.717, 1.165) is 18.9 Å². The minimum atomic E-state index is -0.283. The molecule has 1 aliphatic heterocycles. The van der Waals surface area contributed by atoms with E-state index in [0.29, 0.717) is 11.7 Å². The zero-order chi connectivity index (χ0) is 21.6.